The summed E-state index contributed by atoms with van der Waals surface area (Å²) in [7, 11) is -4.08. The van der Waals surface area contributed by atoms with Crippen molar-refractivity contribution in [3.8, 4) is 0 Å². The molecule has 0 spiro atoms. The van der Waals surface area contributed by atoms with E-state index < -0.39 is 10.1 Å². The van der Waals surface area contributed by atoms with E-state index in [-0.39, 0.29) is 27.9 Å². The van der Waals surface area contributed by atoms with Crippen molar-refractivity contribution in [3.63, 3.8) is 0 Å². The normalized spacial score (nSPS) is 11.1. The molecule has 19 heavy (non-hydrogen) atoms. The first-order chi connectivity index (χ1) is 8.55. The summed E-state index contributed by atoms with van der Waals surface area (Å²) in [6, 6.07) is 6.67. The molecule has 0 aliphatic rings. The first kappa shape index (κ1) is 18.9. The van der Waals surface area contributed by atoms with Crippen molar-refractivity contribution in [1.82, 2.24) is 0 Å². The van der Waals surface area contributed by atoms with Gasteiger partial charge in [-0.05, 0) is 24.5 Å². The molecular weight excluding hydrogens is 273 g/mol. The van der Waals surface area contributed by atoms with Gasteiger partial charge in [0, 0.05) is 0 Å². The van der Waals surface area contributed by atoms with Crippen LogP contribution in [0.2, 0.25) is 0 Å². The van der Waals surface area contributed by atoms with Crippen LogP contribution in [0.15, 0.2) is 29.2 Å². The van der Waals surface area contributed by atoms with Gasteiger partial charge in [0.1, 0.15) is 0 Å². The summed E-state index contributed by atoms with van der Waals surface area (Å²) in [4.78, 5) is 0.0542. The molecular formula is C14H24MgO3S. The molecule has 0 heterocycles. The van der Waals surface area contributed by atoms with Crippen LogP contribution >= 0.6 is 0 Å². The van der Waals surface area contributed by atoms with Crippen molar-refractivity contribution in [2.75, 3.05) is 0 Å². The zero-order valence-electron chi connectivity index (χ0n) is 10.9. The molecule has 1 rings (SSSR count). The Balaban J connectivity index is 0.00000324. The SMILES string of the molecule is CCCCCCCCc1ccccc1S(=O)(=O)O.[MgH2]. The van der Waals surface area contributed by atoms with Crippen molar-refractivity contribution in [2.24, 2.45) is 0 Å². The first-order valence-electron chi connectivity index (χ1n) is 6.61. The predicted molar refractivity (Wildman–Crippen MR) is 81.9 cm³/mol. The summed E-state index contributed by atoms with van der Waals surface area (Å²) >= 11 is 0. The molecule has 0 unspecified atom stereocenters. The zero-order valence-corrected chi connectivity index (χ0v) is 11.7. The van der Waals surface area contributed by atoms with Crippen LogP contribution in [0.4, 0.5) is 0 Å². The molecule has 0 saturated carbocycles. The Morgan fingerprint density at radius 1 is 1.00 bits per heavy atom. The molecule has 0 fully saturated rings. The van der Waals surface area contributed by atoms with E-state index in [4.69, 9.17) is 4.55 Å². The van der Waals surface area contributed by atoms with Crippen LogP contribution in [-0.2, 0) is 16.5 Å². The summed E-state index contributed by atoms with van der Waals surface area (Å²) in [5.74, 6) is 0. The highest BCUT2D eigenvalue weighted by Gasteiger charge is 2.13. The fourth-order valence-electron chi connectivity index (χ4n) is 2.06. The van der Waals surface area contributed by atoms with Crippen LogP contribution in [0.25, 0.3) is 0 Å². The highest BCUT2D eigenvalue weighted by atomic mass is 32.2. The van der Waals surface area contributed by atoms with Crippen LogP contribution in [0, 0.1) is 0 Å². The summed E-state index contributed by atoms with van der Waals surface area (Å²) < 4.78 is 31.5. The van der Waals surface area contributed by atoms with Crippen molar-refractivity contribution in [2.45, 2.75) is 56.8 Å². The van der Waals surface area contributed by atoms with Crippen molar-refractivity contribution in [3.05, 3.63) is 29.8 Å². The smallest absolute Gasteiger partial charge is 0.282 e. The van der Waals surface area contributed by atoms with Crippen LogP contribution in [0.3, 0.4) is 0 Å². The van der Waals surface area contributed by atoms with E-state index in [1.165, 1.54) is 31.7 Å². The van der Waals surface area contributed by atoms with E-state index in [2.05, 4.69) is 6.92 Å². The van der Waals surface area contributed by atoms with E-state index in [0.29, 0.717) is 6.42 Å². The molecule has 0 amide bonds. The molecule has 0 radical (unpaired) electrons. The number of hydrogen-bond acceptors (Lipinski definition) is 2. The van der Waals surface area contributed by atoms with Crippen LogP contribution in [-0.4, -0.2) is 36.0 Å². The summed E-state index contributed by atoms with van der Waals surface area (Å²) in [5.41, 5.74) is 0.718. The minimum Gasteiger partial charge on any atom is -0.282 e. The lowest BCUT2D eigenvalue weighted by Gasteiger charge is -2.06. The van der Waals surface area contributed by atoms with Crippen LogP contribution in [0.5, 0.6) is 0 Å². The van der Waals surface area contributed by atoms with Crippen LogP contribution < -0.4 is 0 Å². The van der Waals surface area contributed by atoms with E-state index in [1.54, 1.807) is 18.2 Å². The largest absolute Gasteiger partial charge is 0.316 e. The lowest BCUT2D eigenvalue weighted by Crippen LogP contribution is -2.03. The first-order valence-corrected chi connectivity index (χ1v) is 8.05. The van der Waals surface area contributed by atoms with Gasteiger partial charge in [-0.2, -0.15) is 8.42 Å². The Bertz CT molecular complexity index is 458. The zero-order chi connectivity index (χ0) is 13.4. The fourth-order valence-corrected chi connectivity index (χ4v) is 2.81. The van der Waals surface area contributed by atoms with Gasteiger partial charge >= 0.3 is 23.1 Å². The molecule has 1 aromatic carbocycles. The Morgan fingerprint density at radius 3 is 2.21 bits per heavy atom. The maximum atomic E-state index is 11.2. The van der Waals surface area contributed by atoms with E-state index in [0.717, 1.165) is 18.4 Å². The van der Waals surface area contributed by atoms with Gasteiger partial charge in [0.2, 0.25) is 0 Å². The third-order valence-corrected chi connectivity index (χ3v) is 4.00. The average molecular weight is 297 g/mol. The Labute approximate surface area is 132 Å². The van der Waals surface area contributed by atoms with Crippen molar-refractivity contribution >= 4 is 33.2 Å². The van der Waals surface area contributed by atoms with Gasteiger partial charge < -0.3 is 0 Å². The second kappa shape index (κ2) is 9.75. The molecule has 0 saturated heterocycles. The third-order valence-electron chi connectivity index (χ3n) is 3.05. The van der Waals surface area contributed by atoms with Gasteiger partial charge in [-0.1, -0.05) is 57.2 Å². The van der Waals surface area contributed by atoms with E-state index in [1.807, 2.05) is 0 Å². The molecule has 1 N–H and O–H groups in total. The topological polar surface area (TPSA) is 54.4 Å². The monoisotopic (exact) mass is 296 g/mol. The molecule has 5 heteroatoms. The lowest BCUT2D eigenvalue weighted by atomic mass is 10.1. The molecule has 106 valence electrons. The molecule has 0 aliphatic heterocycles. The predicted octanol–water partition coefficient (Wildman–Crippen LogP) is 2.92. The minimum atomic E-state index is -4.08. The molecule has 0 atom stereocenters. The third kappa shape index (κ3) is 7.30. The minimum absolute atomic E-state index is 0. The number of rotatable bonds is 8. The summed E-state index contributed by atoms with van der Waals surface area (Å²) in [6.45, 7) is 2.18. The summed E-state index contributed by atoms with van der Waals surface area (Å²) in [5, 5.41) is 0. The second-order valence-electron chi connectivity index (χ2n) is 4.60. The number of unbranched alkanes of at least 4 members (excludes halogenated alkanes) is 5. The number of hydrogen-bond donors (Lipinski definition) is 1. The van der Waals surface area contributed by atoms with Crippen molar-refractivity contribution in [1.29, 1.82) is 0 Å². The van der Waals surface area contributed by atoms with Gasteiger partial charge in [0.15, 0.2) is 0 Å². The molecule has 0 aromatic heterocycles. The molecule has 0 aliphatic carbocycles. The maximum absolute atomic E-state index is 11.2. The standard InChI is InChI=1S/C14H22O3S.Mg.2H/c1-2-3-4-5-6-7-10-13-11-8-9-12-14(13)18(15,16)17;;;/h8-9,11-12H,2-7,10H2,1H3,(H,15,16,17);;;. The Morgan fingerprint density at radius 2 is 1.58 bits per heavy atom. The molecule has 1 aromatic rings. The van der Waals surface area contributed by atoms with Gasteiger partial charge in [-0.15, -0.1) is 0 Å². The molecule has 0 bridgehead atoms. The second-order valence-corrected chi connectivity index (χ2v) is 5.99. The summed E-state index contributed by atoms with van der Waals surface area (Å²) in [6.07, 6.45) is 7.73. The quantitative estimate of drug-likeness (QED) is 0.456. The highest BCUT2D eigenvalue weighted by Crippen LogP contribution is 2.18. The Kier molecular flexibility index (Phi) is 9.69. The highest BCUT2D eigenvalue weighted by molar-refractivity contribution is 7.85. The van der Waals surface area contributed by atoms with E-state index in [9.17, 15) is 8.42 Å². The van der Waals surface area contributed by atoms with Crippen molar-refractivity contribution < 1.29 is 13.0 Å². The Hall–Kier alpha value is -0.104. The van der Waals surface area contributed by atoms with Crippen LogP contribution in [0.1, 0.15) is 51.0 Å². The van der Waals surface area contributed by atoms with E-state index >= 15 is 0 Å². The van der Waals surface area contributed by atoms with Gasteiger partial charge in [-0.3, -0.25) is 4.55 Å². The lowest BCUT2D eigenvalue weighted by molar-refractivity contribution is 0.481. The average Bonchev–Trinajstić information content (AvgIpc) is 2.33. The maximum Gasteiger partial charge on any atom is 0.316 e. The number of aryl methyl sites for hydroxylation is 1. The number of benzene rings is 1. The molecule has 3 nitrogen and oxygen atoms in total. The van der Waals surface area contributed by atoms with Gasteiger partial charge in [0.05, 0.1) is 4.90 Å². The fraction of sp³-hybridized carbons (Fsp3) is 0.571. The van der Waals surface area contributed by atoms with Gasteiger partial charge in [-0.25, -0.2) is 0 Å². The van der Waals surface area contributed by atoms with Gasteiger partial charge in [0.25, 0.3) is 10.1 Å².